The Morgan fingerprint density at radius 2 is 2.09 bits per heavy atom. The SMILES string of the molecule is Fc1ccc2[nH]ccc2c1Cl. The highest BCUT2D eigenvalue weighted by Gasteiger charge is 2.03. The largest absolute Gasteiger partial charge is 0.361 e. The fraction of sp³-hybridized carbons (Fsp3) is 0. The van der Waals surface area contributed by atoms with Gasteiger partial charge < -0.3 is 4.98 Å². The van der Waals surface area contributed by atoms with Crippen LogP contribution in [0.1, 0.15) is 0 Å². The van der Waals surface area contributed by atoms with Gasteiger partial charge in [0.2, 0.25) is 0 Å². The lowest BCUT2D eigenvalue weighted by atomic mass is 10.2. The van der Waals surface area contributed by atoms with Crippen molar-refractivity contribution in [3.05, 3.63) is 35.2 Å². The second-order valence-corrected chi connectivity index (χ2v) is 2.68. The maximum absolute atomic E-state index is 12.8. The van der Waals surface area contributed by atoms with Gasteiger partial charge in [-0.05, 0) is 18.2 Å². The zero-order valence-corrected chi connectivity index (χ0v) is 6.32. The summed E-state index contributed by atoms with van der Waals surface area (Å²) in [6.45, 7) is 0. The molecular formula is C8H5ClFN. The van der Waals surface area contributed by atoms with Crippen LogP contribution in [0.5, 0.6) is 0 Å². The quantitative estimate of drug-likeness (QED) is 0.624. The molecule has 3 heteroatoms. The van der Waals surface area contributed by atoms with Crippen molar-refractivity contribution < 1.29 is 4.39 Å². The van der Waals surface area contributed by atoms with E-state index in [0.29, 0.717) is 0 Å². The van der Waals surface area contributed by atoms with Gasteiger partial charge in [0.05, 0.1) is 5.02 Å². The van der Waals surface area contributed by atoms with Crippen LogP contribution in [0, 0.1) is 5.82 Å². The summed E-state index contributed by atoms with van der Waals surface area (Å²) in [5, 5.41) is 0.912. The third-order valence-electron chi connectivity index (χ3n) is 1.62. The van der Waals surface area contributed by atoms with Crippen LogP contribution in [-0.2, 0) is 0 Å². The number of hydrogen-bond acceptors (Lipinski definition) is 0. The fourth-order valence-electron chi connectivity index (χ4n) is 1.07. The summed E-state index contributed by atoms with van der Waals surface area (Å²) in [5.74, 6) is -0.376. The Hall–Kier alpha value is -1.02. The normalized spacial score (nSPS) is 10.7. The summed E-state index contributed by atoms with van der Waals surface area (Å²) < 4.78 is 12.8. The molecule has 1 heterocycles. The van der Waals surface area contributed by atoms with E-state index < -0.39 is 0 Å². The summed E-state index contributed by atoms with van der Waals surface area (Å²) in [6.07, 6.45) is 1.73. The predicted octanol–water partition coefficient (Wildman–Crippen LogP) is 2.96. The maximum Gasteiger partial charge on any atom is 0.142 e. The smallest absolute Gasteiger partial charge is 0.142 e. The molecule has 0 aliphatic carbocycles. The summed E-state index contributed by atoms with van der Waals surface area (Å²) in [4.78, 5) is 2.94. The van der Waals surface area contributed by atoms with Gasteiger partial charge in [-0.1, -0.05) is 11.6 Å². The topological polar surface area (TPSA) is 15.8 Å². The van der Waals surface area contributed by atoms with Crippen molar-refractivity contribution in [2.24, 2.45) is 0 Å². The minimum absolute atomic E-state index is 0.184. The molecule has 1 aromatic heterocycles. The van der Waals surface area contributed by atoms with E-state index in [9.17, 15) is 4.39 Å². The van der Waals surface area contributed by atoms with E-state index in [1.165, 1.54) is 6.07 Å². The molecule has 0 amide bonds. The second kappa shape index (κ2) is 2.24. The van der Waals surface area contributed by atoms with Gasteiger partial charge in [-0.15, -0.1) is 0 Å². The molecule has 0 saturated carbocycles. The van der Waals surface area contributed by atoms with E-state index in [4.69, 9.17) is 11.6 Å². The first-order chi connectivity index (χ1) is 5.29. The number of benzene rings is 1. The number of hydrogen-bond donors (Lipinski definition) is 1. The van der Waals surface area contributed by atoms with Crippen molar-refractivity contribution in [2.45, 2.75) is 0 Å². The van der Waals surface area contributed by atoms with Crippen LogP contribution >= 0.6 is 11.6 Å². The van der Waals surface area contributed by atoms with Gasteiger partial charge in [0, 0.05) is 17.1 Å². The first kappa shape index (κ1) is 6.68. The molecule has 2 rings (SSSR count). The summed E-state index contributed by atoms with van der Waals surface area (Å²) >= 11 is 5.67. The third kappa shape index (κ3) is 0.906. The molecule has 56 valence electrons. The van der Waals surface area contributed by atoms with Gasteiger partial charge >= 0.3 is 0 Å². The highest BCUT2D eigenvalue weighted by atomic mass is 35.5. The Morgan fingerprint density at radius 3 is 2.91 bits per heavy atom. The molecule has 0 radical (unpaired) electrons. The number of fused-ring (bicyclic) bond motifs is 1. The third-order valence-corrected chi connectivity index (χ3v) is 2.01. The Kier molecular flexibility index (Phi) is 1.36. The Balaban J connectivity index is 2.93. The van der Waals surface area contributed by atoms with Crippen molar-refractivity contribution in [3.63, 3.8) is 0 Å². The second-order valence-electron chi connectivity index (χ2n) is 2.30. The number of aromatic nitrogens is 1. The van der Waals surface area contributed by atoms with Crippen molar-refractivity contribution in [1.82, 2.24) is 4.98 Å². The lowest BCUT2D eigenvalue weighted by molar-refractivity contribution is 0.630. The molecular weight excluding hydrogens is 165 g/mol. The molecule has 1 N–H and O–H groups in total. The first-order valence-corrected chi connectivity index (χ1v) is 3.58. The highest BCUT2D eigenvalue weighted by molar-refractivity contribution is 6.35. The molecule has 0 saturated heterocycles. The monoisotopic (exact) mass is 169 g/mol. The van der Waals surface area contributed by atoms with E-state index in [2.05, 4.69) is 4.98 Å². The molecule has 0 fully saturated rings. The van der Waals surface area contributed by atoms with E-state index in [1.54, 1.807) is 18.3 Å². The zero-order chi connectivity index (χ0) is 7.84. The fourth-order valence-corrected chi connectivity index (χ4v) is 1.30. The number of nitrogens with one attached hydrogen (secondary N) is 1. The molecule has 1 aromatic carbocycles. The Morgan fingerprint density at radius 1 is 1.27 bits per heavy atom. The van der Waals surface area contributed by atoms with Crippen LogP contribution in [0.2, 0.25) is 5.02 Å². The molecule has 0 aliphatic heterocycles. The molecule has 0 atom stereocenters. The van der Waals surface area contributed by atoms with Crippen molar-refractivity contribution in [3.8, 4) is 0 Å². The van der Waals surface area contributed by atoms with Crippen LogP contribution in [0.15, 0.2) is 24.4 Å². The molecule has 0 spiro atoms. The standard InChI is InChI=1S/C8H5ClFN/c9-8-5-3-4-11-7(5)2-1-6(8)10/h1-4,11H. The predicted molar refractivity (Wildman–Crippen MR) is 43.3 cm³/mol. The highest BCUT2D eigenvalue weighted by Crippen LogP contribution is 2.24. The van der Waals surface area contributed by atoms with Gasteiger partial charge in [-0.3, -0.25) is 0 Å². The van der Waals surface area contributed by atoms with Crippen molar-refractivity contribution >= 4 is 22.5 Å². The molecule has 0 aliphatic rings. The number of halogens is 2. The number of rotatable bonds is 0. The number of aromatic amines is 1. The summed E-state index contributed by atoms with van der Waals surface area (Å²) in [5.41, 5.74) is 0.858. The molecule has 0 bridgehead atoms. The van der Waals surface area contributed by atoms with Crippen LogP contribution in [-0.4, -0.2) is 4.98 Å². The average Bonchev–Trinajstić information content (AvgIpc) is 2.45. The molecule has 0 unspecified atom stereocenters. The minimum Gasteiger partial charge on any atom is -0.361 e. The van der Waals surface area contributed by atoms with Gasteiger partial charge in [0.1, 0.15) is 5.82 Å². The van der Waals surface area contributed by atoms with Gasteiger partial charge in [-0.25, -0.2) is 4.39 Å². The van der Waals surface area contributed by atoms with E-state index in [1.807, 2.05) is 0 Å². The van der Waals surface area contributed by atoms with Crippen LogP contribution in [0.4, 0.5) is 4.39 Å². The summed E-state index contributed by atoms with van der Waals surface area (Å²) in [7, 11) is 0. The molecule has 1 nitrogen and oxygen atoms in total. The minimum atomic E-state index is -0.376. The van der Waals surface area contributed by atoms with Gasteiger partial charge in [-0.2, -0.15) is 0 Å². The van der Waals surface area contributed by atoms with Gasteiger partial charge in [0.15, 0.2) is 0 Å². The Labute approximate surface area is 67.8 Å². The average molecular weight is 170 g/mol. The zero-order valence-electron chi connectivity index (χ0n) is 5.57. The summed E-state index contributed by atoms with van der Waals surface area (Å²) in [6, 6.07) is 4.76. The molecule has 11 heavy (non-hydrogen) atoms. The Bertz CT molecular complexity index is 394. The van der Waals surface area contributed by atoms with Crippen molar-refractivity contribution in [2.75, 3.05) is 0 Å². The molecule has 2 aromatic rings. The van der Waals surface area contributed by atoms with Gasteiger partial charge in [0.25, 0.3) is 0 Å². The lowest BCUT2D eigenvalue weighted by Gasteiger charge is -1.94. The van der Waals surface area contributed by atoms with E-state index in [-0.39, 0.29) is 10.8 Å². The first-order valence-electron chi connectivity index (χ1n) is 3.20. The maximum atomic E-state index is 12.8. The lowest BCUT2D eigenvalue weighted by Crippen LogP contribution is -1.75. The van der Waals surface area contributed by atoms with Crippen molar-refractivity contribution in [1.29, 1.82) is 0 Å². The van der Waals surface area contributed by atoms with Crippen LogP contribution in [0.25, 0.3) is 10.9 Å². The van der Waals surface area contributed by atoms with E-state index in [0.717, 1.165) is 10.9 Å². The van der Waals surface area contributed by atoms with Crippen LogP contribution < -0.4 is 0 Å². The van der Waals surface area contributed by atoms with E-state index >= 15 is 0 Å². The van der Waals surface area contributed by atoms with Crippen LogP contribution in [0.3, 0.4) is 0 Å². The number of H-pyrrole nitrogens is 1.